The Balaban J connectivity index is 1.76. The van der Waals surface area contributed by atoms with Crippen molar-refractivity contribution in [3.8, 4) is 0 Å². The van der Waals surface area contributed by atoms with Gasteiger partial charge < -0.3 is 10.6 Å². The maximum atomic E-state index is 11.9. The summed E-state index contributed by atoms with van der Waals surface area (Å²) in [6.07, 6.45) is 4.80. The first-order valence-electron chi connectivity index (χ1n) is 6.69. The van der Waals surface area contributed by atoms with Crippen LogP contribution in [0.15, 0.2) is 6.07 Å². The number of rotatable bonds is 4. The Hall–Kier alpha value is -1.36. The molecule has 1 aromatic rings. The molecule has 0 saturated carbocycles. The molecule has 1 unspecified atom stereocenters. The van der Waals surface area contributed by atoms with Crippen LogP contribution in [0, 0.1) is 6.92 Å². The Bertz CT molecular complexity index is 407. The summed E-state index contributed by atoms with van der Waals surface area (Å²) in [6, 6.07) is 2.38. The first-order valence-corrected chi connectivity index (χ1v) is 6.69. The lowest BCUT2D eigenvalue weighted by Gasteiger charge is -2.23. The minimum absolute atomic E-state index is 0.0334. The summed E-state index contributed by atoms with van der Waals surface area (Å²) in [7, 11) is 1.80. The van der Waals surface area contributed by atoms with Crippen molar-refractivity contribution in [2.45, 2.75) is 38.6 Å². The van der Waals surface area contributed by atoms with Crippen LogP contribution < -0.4 is 10.6 Å². The fraction of sp³-hybridized carbons (Fsp3) is 0.692. The quantitative estimate of drug-likeness (QED) is 0.838. The lowest BCUT2D eigenvalue weighted by molar-refractivity contribution is 0.0942. The van der Waals surface area contributed by atoms with Crippen molar-refractivity contribution in [2.24, 2.45) is 7.05 Å². The van der Waals surface area contributed by atoms with Crippen LogP contribution in [0.25, 0.3) is 0 Å². The number of aryl methyl sites for hydroxylation is 2. The Labute approximate surface area is 108 Å². The third-order valence-electron chi connectivity index (χ3n) is 3.43. The SMILES string of the molecule is Cc1cc(C(=O)NCCC2CCCCN2)n(C)n1. The smallest absolute Gasteiger partial charge is 0.269 e. The molecule has 1 atom stereocenters. The van der Waals surface area contributed by atoms with Gasteiger partial charge >= 0.3 is 0 Å². The Morgan fingerprint density at radius 2 is 2.44 bits per heavy atom. The van der Waals surface area contributed by atoms with Crippen LogP contribution in [0.5, 0.6) is 0 Å². The first-order chi connectivity index (χ1) is 8.66. The van der Waals surface area contributed by atoms with E-state index in [2.05, 4.69) is 15.7 Å². The molecule has 1 fully saturated rings. The van der Waals surface area contributed by atoms with Gasteiger partial charge in [0.25, 0.3) is 5.91 Å². The minimum Gasteiger partial charge on any atom is -0.351 e. The number of amides is 1. The molecule has 0 bridgehead atoms. The summed E-state index contributed by atoms with van der Waals surface area (Å²) in [4.78, 5) is 11.9. The number of nitrogens with one attached hydrogen (secondary N) is 2. The predicted octanol–water partition coefficient (Wildman–Crippen LogP) is 0.991. The van der Waals surface area contributed by atoms with Gasteiger partial charge in [0.05, 0.1) is 5.69 Å². The van der Waals surface area contributed by atoms with E-state index in [0.29, 0.717) is 11.7 Å². The third kappa shape index (κ3) is 3.32. The lowest BCUT2D eigenvalue weighted by atomic mass is 10.0. The number of nitrogens with zero attached hydrogens (tertiary/aromatic N) is 2. The van der Waals surface area contributed by atoms with Crippen LogP contribution in [0.1, 0.15) is 41.9 Å². The van der Waals surface area contributed by atoms with Crippen LogP contribution in [-0.2, 0) is 7.05 Å². The first kappa shape index (κ1) is 13.1. The molecule has 0 aliphatic carbocycles. The fourth-order valence-electron chi connectivity index (χ4n) is 2.44. The molecule has 1 saturated heterocycles. The van der Waals surface area contributed by atoms with Crippen molar-refractivity contribution in [2.75, 3.05) is 13.1 Å². The zero-order valence-corrected chi connectivity index (χ0v) is 11.2. The van der Waals surface area contributed by atoms with Gasteiger partial charge in [0, 0.05) is 19.6 Å². The van der Waals surface area contributed by atoms with Gasteiger partial charge in [-0.15, -0.1) is 0 Å². The zero-order valence-electron chi connectivity index (χ0n) is 11.2. The number of hydrogen-bond acceptors (Lipinski definition) is 3. The van der Waals surface area contributed by atoms with Crippen LogP contribution >= 0.6 is 0 Å². The molecule has 100 valence electrons. The van der Waals surface area contributed by atoms with Gasteiger partial charge in [-0.2, -0.15) is 5.10 Å². The number of carbonyl (C=O) groups excluding carboxylic acids is 1. The fourth-order valence-corrected chi connectivity index (χ4v) is 2.44. The average Bonchev–Trinajstić information content (AvgIpc) is 2.70. The van der Waals surface area contributed by atoms with Gasteiger partial charge in [-0.05, 0) is 38.8 Å². The van der Waals surface area contributed by atoms with Crippen molar-refractivity contribution in [1.82, 2.24) is 20.4 Å². The molecular formula is C13H22N4O. The Kier molecular flexibility index (Phi) is 4.36. The van der Waals surface area contributed by atoms with Crippen molar-refractivity contribution in [1.29, 1.82) is 0 Å². The van der Waals surface area contributed by atoms with Crippen LogP contribution in [0.4, 0.5) is 0 Å². The molecule has 1 aromatic heterocycles. The summed E-state index contributed by atoms with van der Waals surface area (Å²) in [6.45, 7) is 3.73. The van der Waals surface area contributed by atoms with E-state index in [1.54, 1.807) is 11.7 Å². The summed E-state index contributed by atoms with van der Waals surface area (Å²) in [5.41, 5.74) is 1.50. The van der Waals surface area contributed by atoms with Crippen molar-refractivity contribution >= 4 is 5.91 Å². The van der Waals surface area contributed by atoms with Crippen LogP contribution in [0.2, 0.25) is 0 Å². The summed E-state index contributed by atoms with van der Waals surface area (Å²) < 4.78 is 1.63. The number of carbonyl (C=O) groups is 1. The van der Waals surface area contributed by atoms with E-state index in [1.165, 1.54) is 19.3 Å². The lowest BCUT2D eigenvalue weighted by Crippen LogP contribution is -2.37. The van der Waals surface area contributed by atoms with Crippen molar-refractivity contribution < 1.29 is 4.79 Å². The number of piperidine rings is 1. The Morgan fingerprint density at radius 1 is 1.61 bits per heavy atom. The normalized spacial score (nSPS) is 19.8. The molecule has 5 heteroatoms. The second kappa shape index (κ2) is 6.00. The number of aromatic nitrogens is 2. The van der Waals surface area contributed by atoms with Gasteiger partial charge in [-0.25, -0.2) is 0 Å². The predicted molar refractivity (Wildman–Crippen MR) is 70.5 cm³/mol. The van der Waals surface area contributed by atoms with Gasteiger partial charge in [0.1, 0.15) is 5.69 Å². The molecule has 5 nitrogen and oxygen atoms in total. The second-order valence-corrected chi connectivity index (χ2v) is 4.99. The summed E-state index contributed by atoms with van der Waals surface area (Å²) in [5, 5.41) is 10.6. The molecule has 0 spiro atoms. The molecule has 18 heavy (non-hydrogen) atoms. The van der Waals surface area contributed by atoms with E-state index >= 15 is 0 Å². The number of hydrogen-bond donors (Lipinski definition) is 2. The van der Waals surface area contributed by atoms with Crippen molar-refractivity contribution in [3.63, 3.8) is 0 Å². The standard InChI is InChI=1S/C13H22N4O/c1-10-9-12(17(2)16-10)13(18)15-8-6-11-5-3-4-7-14-11/h9,11,14H,3-8H2,1-2H3,(H,15,18). The third-order valence-corrected chi connectivity index (χ3v) is 3.43. The van der Waals surface area contributed by atoms with E-state index in [0.717, 1.165) is 25.2 Å². The highest BCUT2D eigenvalue weighted by atomic mass is 16.2. The summed E-state index contributed by atoms with van der Waals surface area (Å²) in [5.74, 6) is -0.0334. The van der Waals surface area contributed by atoms with Gasteiger partial charge in [-0.3, -0.25) is 9.48 Å². The van der Waals surface area contributed by atoms with Gasteiger partial charge in [-0.1, -0.05) is 6.42 Å². The zero-order chi connectivity index (χ0) is 13.0. The highest BCUT2D eigenvalue weighted by Crippen LogP contribution is 2.09. The highest BCUT2D eigenvalue weighted by Gasteiger charge is 2.14. The second-order valence-electron chi connectivity index (χ2n) is 4.99. The molecule has 1 aliphatic heterocycles. The molecular weight excluding hydrogens is 228 g/mol. The van der Waals surface area contributed by atoms with E-state index in [4.69, 9.17) is 0 Å². The maximum Gasteiger partial charge on any atom is 0.269 e. The van der Waals surface area contributed by atoms with Gasteiger partial charge in [0.15, 0.2) is 0 Å². The summed E-state index contributed by atoms with van der Waals surface area (Å²) >= 11 is 0. The molecule has 2 heterocycles. The molecule has 2 N–H and O–H groups in total. The van der Waals surface area contributed by atoms with Crippen LogP contribution in [0.3, 0.4) is 0 Å². The highest BCUT2D eigenvalue weighted by molar-refractivity contribution is 5.92. The van der Waals surface area contributed by atoms with Gasteiger partial charge in [0.2, 0.25) is 0 Å². The molecule has 2 rings (SSSR count). The topological polar surface area (TPSA) is 59.0 Å². The van der Waals surface area contributed by atoms with E-state index < -0.39 is 0 Å². The molecule has 0 aromatic carbocycles. The monoisotopic (exact) mass is 250 g/mol. The molecule has 1 aliphatic rings. The molecule has 1 amide bonds. The van der Waals surface area contributed by atoms with E-state index in [1.807, 2.05) is 13.0 Å². The Morgan fingerprint density at radius 3 is 3.06 bits per heavy atom. The van der Waals surface area contributed by atoms with E-state index in [9.17, 15) is 4.79 Å². The van der Waals surface area contributed by atoms with Crippen molar-refractivity contribution in [3.05, 3.63) is 17.5 Å². The average molecular weight is 250 g/mol. The minimum atomic E-state index is -0.0334. The maximum absolute atomic E-state index is 11.9. The molecule has 0 radical (unpaired) electrons. The largest absolute Gasteiger partial charge is 0.351 e. The van der Waals surface area contributed by atoms with Crippen LogP contribution in [-0.4, -0.2) is 34.8 Å². The van der Waals surface area contributed by atoms with E-state index in [-0.39, 0.29) is 5.91 Å².